The highest BCUT2D eigenvalue weighted by Gasteiger charge is 2.24. The molecule has 4 heterocycles. The maximum Gasteiger partial charge on any atom is 0.227 e. The first-order valence-electron chi connectivity index (χ1n) is 9.38. The summed E-state index contributed by atoms with van der Waals surface area (Å²) in [6.45, 7) is 5.08. The first-order chi connectivity index (χ1) is 13.3. The van der Waals surface area contributed by atoms with Gasteiger partial charge in [0, 0.05) is 45.5 Å². The van der Waals surface area contributed by atoms with Gasteiger partial charge in [0.25, 0.3) is 0 Å². The zero-order valence-corrected chi connectivity index (χ0v) is 15.8. The van der Waals surface area contributed by atoms with Crippen LogP contribution in [0, 0.1) is 0 Å². The summed E-state index contributed by atoms with van der Waals surface area (Å²) in [7, 11) is 0. The van der Waals surface area contributed by atoms with Gasteiger partial charge in [0.1, 0.15) is 5.82 Å². The number of piperazine rings is 1. The van der Waals surface area contributed by atoms with Gasteiger partial charge in [-0.3, -0.25) is 0 Å². The van der Waals surface area contributed by atoms with Crippen LogP contribution in [0.2, 0.25) is 0 Å². The number of rotatable bonds is 3. The molecule has 2 fully saturated rings. The minimum atomic E-state index is -0.249. The van der Waals surface area contributed by atoms with E-state index < -0.39 is 0 Å². The van der Waals surface area contributed by atoms with Crippen LogP contribution < -0.4 is 14.7 Å². The molecule has 3 aromatic rings. The lowest BCUT2D eigenvalue weighted by molar-refractivity contribution is 0.198. The second kappa shape index (κ2) is 6.94. The van der Waals surface area contributed by atoms with Crippen LogP contribution in [0.5, 0.6) is 0 Å². The first-order valence-corrected chi connectivity index (χ1v) is 10.2. The molecule has 2 saturated heterocycles. The molecule has 1 atom stereocenters. The van der Waals surface area contributed by atoms with E-state index in [1.54, 1.807) is 11.3 Å². The Bertz CT molecular complexity index is 906. The van der Waals surface area contributed by atoms with Crippen LogP contribution in [0.4, 0.5) is 16.9 Å². The van der Waals surface area contributed by atoms with Crippen LogP contribution >= 0.6 is 11.3 Å². The molecule has 5 rings (SSSR count). The van der Waals surface area contributed by atoms with Gasteiger partial charge >= 0.3 is 0 Å². The summed E-state index contributed by atoms with van der Waals surface area (Å²) in [5.41, 5.74) is 1.07. The van der Waals surface area contributed by atoms with Crippen molar-refractivity contribution < 1.29 is 5.11 Å². The maximum absolute atomic E-state index is 9.76. The molecule has 0 bridgehead atoms. The number of aliphatic hydroxyl groups excluding tert-OH is 1. The smallest absolute Gasteiger partial charge is 0.227 e. The van der Waals surface area contributed by atoms with Crippen molar-refractivity contribution in [3.05, 3.63) is 36.5 Å². The van der Waals surface area contributed by atoms with Crippen LogP contribution in [-0.2, 0) is 0 Å². The Labute approximate surface area is 161 Å². The molecule has 2 aliphatic heterocycles. The van der Waals surface area contributed by atoms with Crippen molar-refractivity contribution in [1.29, 1.82) is 0 Å². The highest BCUT2D eigenvalue weighted by molar-refractivity contribution is 7.22. The molecule has 0 radical (unpaired) electrons. The predicted molar refractivity (Wildman–Crippen MR) is 109 cm³/mol. The van der Waals surface area contributed by atoms with Crippen LogP contribution in [0.15, 0.2) is 36.5 Å². The fraction of sp³-hybridized carbons (Fsp3) is 0.421. The van der Waals surface area contributed by atoms with Crippen molar-refractivity contribution in [1.82, 2.24) is 15.0 Å². The van der Waals surface area contributed by atoms with E-state index >= 15 is 0 Å². The molecule has 8 heteroatoms. The quantitative estimate of drug-likeness (QED) is 0.743. The zero-order chi connectivity index (χ0) is 18.2. The highest BCUT2D eigenvalue weighted by atomic mass is 32.1. The molecule has 2 aromatic heterocycles. The molecule has 0 aliphatic carbocycles. The molecule has 0 saturated carbocycles. The minimum Gasteiger partial charge on any atom is -0.391 e. The number of β-amino-alcohol motifs (C(OH)–C–C–N with tert-alkyl or cyclic N) is 1. The van der Waals surface area contributed by atoms with E-state index in [4.69, 9.17) is 9.97 Å². The Morgan fingerprint density at radius 3 is 2.52 bits per heavy atom. The normalized spacial score (nSPS) is 20.6. The summed E-state index contributed by atoms with van der Waals surface area (Å²) in [5, 5.41) is 10.9. The van der Waals surface area contributed by atoms with Crippen molar-refractivity contribution in [2.24, 2.45) is 0 Å². The van der Waals surface area contributed by atoms with Gasteiger partial charge in [0.05, 0.1) is 16.3 Å². The lowest BCUT2D eigenvalue weighted by Crippen LogP contribution is -2.47. The molecule has 1 N–H and O–H groups in total. The van der Waals surface area contributed by atoms with Crippen molar-refractivity contribution >= 4 is 38.5 Å². The third-order valence-electron chi connectivity index (χ3n) is 5.23. The number of thiazole rings is 1. The van der Waals surface area contributed by atoms with Gasteiger partial charge in [-0.25, -0.2) is 9.97 Å². The summed E-state index contributed by atoms with van der Waals surface area (Å²) < 4.78 is 1.23. The van der Waals surface area contributed by atoms with Crippen molar-refractivity contribution in [2.45, 2.75) is 12.5 Å². The largest absolute Gasteiger partial charge is 0.391 e. The van der Waals surface area contributed by atoms with Gasteiger partial charge in [-0.15, -0.1) is 0 Å². The van der Waals surface area contributed by atoms with Crippen LogP contribution in [0.3, 0.4) is 0 Å². The molecule has 1 unspecified atom stereocenters. The minimum absolute atomic E-state index is 0.249. The Morgan fingerprint density at radius 1 is 0.926 bits per heavy atom. The second-order valence-electron chi connectivity index (χ2n) is 7.04. The molecule has 1 aromatic carbocycles. The lowest BCUT2D eigenvalue weighted by atomic mass is 10.3. The van der Waals surface area contributed by atoms with E-state index in [-0.39, 0.29) is 6.10 Å². The third kappa shape index (κ3) is 3.30. The maximum atomic E-state index is 9.76. The molecule has 0 amide bonds. The lowest BCUT2D eigenvalue weighted by Gasteiger charge is -2.34. The molecule has 7 nitrogen and oxygen atoms in total. The molecular formula is C19H22N6OS. The Hall–Kier alpha value is -2.45. The highest BCUT2D eigenvalue weighted by Crippen LogP contribution is 2.29. The topological polar surface area (TPSA) is 68.6 Å². The monoisotopic (exact) mass is 382 g/mol. The molecule has 140 valence electrons. The van der Waals surface area contributed by atoms with E-state index in [2.05, 4.69) is 37.9 Å². The van der Waals surface area contributed by atoms with Crippen molar-refractivity contribution in [3.8, 4) is 0 Å². The average Bonchev–Trinajstić information content (AvgIpc) is 3.34. The van der Waals surface area contributed by atoms with Gasteiger partial charge in [-0.1, -0.05) is 23.5 Å². The number of hydrogen-bond donors (Lipinski definition) is 1. The van der Waals surface area contributed by atoms with Crippen LogP contribution in [0.25, 0.3) is 10.2 Å². The number of para-hydroxylation sites is 1. The Morgan fingerprint density at radius 2 is 1.74 bits per heavy atom. The van der Waals surface area contributed by atoms with E-state index in [1.165, 1.54) is 4.70 Å². The van der Waals surface area contributed by atoms with Crippen LogP contribution in [0.1, 0.15) is 6.42 Å². The molecule has 0 spiro atoms. The third-order valence-corrected chi connectivity index (χ3v) is 6.33. The Balaban J connectivity index is 1.27. The van der Waals surface area contributed by atoms with E-state index in [1.807, 2.05) is 18.3 Å². The fourth-order valence-electron chi connectivity index (χ4n) is 3.71. The van der Waals surface area contributed by atoms with Gasteiger partial charge in [-0.2, -0.15) is 4.98 Å². The number of nitrogens with zero attached hydrogens (tertiary/aromatic N) is 6. The van der Waals surface area contributed by atoms with E-state index in [0.29, 0.717) is 6.54 Å². The number of fused-ring (bicyclic) bond motifs is 1. The summed E-state index contributed by atoms with van der Waals surface area (Å²) in [5.74, 6) is 1.68. The number of aliphatic hydroxyl groups is 1. The van der Waals surface area contributed by atoms with E-state index in [9.17, 15) is 5.11 Å². The standard InChI is InChI=1S/C19H22N6OS/c26-14-6-8-25(13-14)17-5-7-20-18(22-17)23-9-11-24(12-10-23)19-21-15-3-1-2-4-16(15)27-19/h1-5,7,14,26H,6,8-13H2. The molecular weight excluding hydrogens is 360 g/mol. The van der Waals surface area contributed by atoms with Crippen molar-refractivity contribution in [2.75, 3.05) is 54.0 Å². The number of anilines is 3. The van der Waals surface area contributed by atoms with E-state index in [0.717, 1.165) is 61.6 Å². The average molecular weight is 382 g/mol. The van der Waals surface area contributed by atoms with Gasteiger partial charge < -0.3 is 19.8 Å². The number of aromatic nitrogens is 3. The zero-order valence-electron chi connectivity index (χ0n) is 15.0. The summed E-state index contributed by atoms with van der Waals surface area (Å²) in [6.07, 6.45) is 2.38. The summed E-state index contributed by atoms with van der Waals surface area (Å²) >= 11 is 1.75. The van der Waals surface area contributed by atoms with Crippen LogP contribution in [-0.4, -0.2) is 65.4 Å². The van der Waals surface area contributed by atoms with Gasteiger partial charge in [-0.05, 0) is 24.6 Å². The predicted octanol–water partition coefficient (Wildman–Crippen LogP) is 1.98. The Kier molecular flexibility index (Phi) is 4.29. The SMILES string of the molecule is OC1CCN(c2ccnc(N3CCN(c4nc5ccccc5s4)CC3)n2)C1. The molecule has 2 aliphatic rings. The van der Waals surface area contributed by atoms with Crippen molar-refractivity contribution in [3.63, 3.8) is 0 Å². The fourth-order valence-corrected chi connectivity index (χ4v) is 4.73. The summed E-state index contributed by atoms with van der Waals surface area (Å²) in [4.78, 5) is 20.7. The van der Waals surface area contributed by atoms with Gasteiger partial charge in [0.2, 0.25) is 5.95 Å². The number of benzene rings is 1. The number of hydrogen-bond acceptors (Lipinski definition) is 8. The summed E-state index contributed by atoms with van der Waals surface area (Å²) in [6, 6.07) is 10.2. The second-order valence-corrected chi connectivity index (χ2v) is 8.05. The van der Waals surface area contributed by atoms with Gasteiger partial charge in [0.15, 0.2) is 5.13 Å². The molecule has 27 heavy (non-hydrogen) atoms. The first kappa shape index (κ1) is 16.7.